The number of anilines is 1. The molecule has 2 rings (SSSR count). The van der Waals surface area contributed by atoms with Crippen LogP contribution < -0.4 is 5.73 Å². The van der Waals surface area contributed by atoms with E-state index in [4.69, 9.17) is 5.73 Å². The SMILES string of the molecule is CC(C)(C)c1nn(Cc2ccc(F)cc2)c(N)c1[N+](=O)[O-]. The quantitative estimate of drug-likeness (QED) is 0.696. The van der Waals surface area contributed by atoms with Crippen molar-refractivity contribution in [2.24, 2.45) is 0 Å². The molecule has 1 aromatic carbocycles. The first-order valence-corrected chi connectivity index (χ1v) is 6.45. The molecule has 0 bridgehead atoms. The number of hydrogen-bond donors (Lipinski definition) is 1. The summed E-state index contributed by atoms with van der Waals surface area (Å²) in [6, 6.07) is 5.85. The molecule has 0 saturated heterocycles. The van der Waals surface area contributed by atoms with Crippen LogP contribution in [0.3, 0.4) is 0 Å². The third-order valence-electron chi connectivity index (χ3n) is 3.10. The molecule has 7 heteroatoms. The van der Waals surface area contributed by atoms with Crippen molar-refractivity contribution in [3.8, 4) is 0 Å². The molecule has 0 fully saturated rings. The Morgan fingerprint density at radius 1 is 1.33 bits per heavy atom. The van der Waals surface area contributed by atoms with Crippen molar-refractivity contribution in [1.29, 1.82) is 0 Å². The summed E-state index contributed by atoms with van der Waals surface area (Å²) in [5.41, 5.74) is 6.31. The first kappa shape index (κ1) is 15.0. The van der Waals surface area contributed by atoms with E-state index in [1.807, 2.05) is 20.8 Å². The van der Waals surface area contributed by atoms with Crippen molar-refractivity contribution in [3.63, 3.8) is 0 Å². The number of nitro groups is 1. The smallest absolute Gasteiger partial charge is 0.334 e. The molecule has 6 nitrogen and oxygen atoms in total. The molecule has 0 amide bonds. The predicted octanol–water partition coefficient (Wildman–Crippen LogP) is 2.86. The topological polar surface area (TPSA) is 87.0 Å². The van der Waals surface area contributed by atoms with E-state index < -0.39 is 10.3 Å². The second-order valence-corrected chi connectivity index (χ2v) is 5.87. The van der Waals surface area contributed by atoms with E-state index in [1.54, 1.807) is 12.1 Å². The van der Waals surface area contributed by atoms with Gasteiger partial charge in [0.15, 0.2) is 0 Å². The summed E-state index contributed by atoms with van der Waals surface area (Å²) >= 11 is 0. The fraction of sp³-hybridized carbons (Fsp3) is 0.357. The second-order valence-electron chi connectivity index (χ2n) is 5.87. The predicted molar refractivity (Wildman–Crippen MR) is 77.5 cm³/mol. The highest BCUT2D eigenvalue weighted by atomic mass is 19.1. The zero-order valence-electron chi connectivity index (χ0n) is 12.1. The van der Waals surface area contributed by atoms with Crippen LogP contribution in [-0.2, 0) is 12.0 Å². The Kier molecular flexibility index (Phi) is 3.67. The number of nitrogens with two attached hydrogens (primary N) is 1. The van der Waals surface area contributed by atoms with Gasteiger partial charge in [-0.15, -0.1) is 0 Å². The normalized spacial score (nSPS) is 11.6. The lowest BCUT2D eigenvalue weighted by molar-refractivity contribution is -0.385. The highest BCUT2D eigenvalue weighted by Gasteiger charge is 2.33. The van der Waals surface area contributed by atoms with Crippen LogP contribution in [0.4, 0.5) is 15.9 Å². The molecule has 2 N–H and O–H groups in total. The number of hydrogen-bond acceptors (Lipinski definition) is 4. The summed E-state index contributed by atoms with van der Waals surface area (Å²) in [7, 11) is 0. The highest BCUT2D eigenvalue weighted by Crippen LogP contribution is 2.34. The van der Waals surface area contributed by atoms with E-state index in [0.29, 0.717) is 5.69 Å². The van der Waals surface area contributed by atoms with Gasteiger partial charge in [0, 0.05) is 5.41 Å². The molecular formula is C14H17FN4O2. The first-order valence-electron chi connectivity index (χ1n) is 6.45. The number of aromatic nitrogens is 2. The average Bonchev–Trinajstić information content (AvgIpc) is 2.70. The van der Waals surface area contributed by atoms with Crippen LogP contribution in [0.2, 0.25) is 0 Å². The number of rotatable bonds is 3. The summed E-state index contributed by atoms with van der Waals surface area (Å²) in [5.74, 6) is -0.331. The summed E-state index contributed by atoms with van der Waals surface area (Å²) in [5, 5.41) is 15.5. The monoisotopic (exact) mass is 292 g/mol. The largest absolute Gasteiger partial charge is 0.378 e. The van der Waals surface area contributed by atoms with Crippen molar-refractivity contribution in [2.75, 3.05) is 5.73 Å². The van der Waals surface area contributed by atoms with Gasteiger partial charge in [0.1, 0.15) is 11.5 Å². The molecule has 112 valence electrons. The van der Waals surface area contributed by atoms with Crippen LogP contribution >= 0.6 is 0 Å². The van der Waals surface area contributed by atoms with Crippen LogP contribution in [0.25, 0.3) is 0 Å². The molecule has 1 heterocycles. The number of nitrogens with zero attached hydrogens (tertiary/aromatic N) is 3. The molecule has 0 atom stereocenters. The third kappa shape index (κ3) is 3.01. The fourth-order valence-corrected chi connectivity index (χ4v) is 2.03. The van der Waals surface area contributed by atoms with Crippen molar-refractivity contribution < 1.29 is 9.31 Å². The average molecular weight is 292 g/mol. The lowest BCUT2D eigenvalue weighted by Gasteiger charge is -2.13. The molecule has 21 heavy (non-hydrogen) atoms. The van der Waals surface area contributed by atoms with E-state index >= 15 is 0 Å². The van der Waals surface area contributed by atoms with Gasteiger partial charge in [-0.05, 0) is 17.7 Å². The number of halogens is 1. The zero-order chi connectivity index (χ0) is 15.8. The summed E-state index contributed by atoms with van der Waals surface area (Å²) in [6.07, 6.45) is 0. The van der Waals surface area contributed by atoms with Gasteiger partial charge in [0.05, 0.1) is 11.5 Å². The van der Waals surface area contributed by atoms with E-state index in [2.05, 4.69) is 5.10 Å². The maximum atomic E-state index is 12.9. The third-order valence-corrected chi connectivity index (χ3v) is 3.10. The van der Waals surface area contributed by atoms with E-state index in [1.165, 1.54) is 16.8 Å². The molecule has 0 aliphatic heterocycles. The van der Waals surface area contributed by atoms with Crippen LogP contribution in [0.1, 0.15) is 32.0 Å². The van der Waals surface area contributed by atoms with Crippen molar-refractivity contribution in [2.45, 2.75) is 32.7 Å². The highest BCUT2D eigenvalue weighted by molar-refractivity contribution is 5.58. The maximum absolute atomic E-state index is 12.9. The molecule has 0 unspecified atom stereocenters. The Morgan fingerprint density at radius 3 is 2.33 bits per heavy atom. The van der Waals surface area contributed by atoms with Gasteiger partial charge < -0.3 is 5.73 Å². The van der Waals surface area contributed by atoms with Crippen LogP contribution in [0.5, 0.6) is 0 Å². The lowest BCUT2D eigenvalue weighted by Crippen LogP contribution is -2.14. The Labute approximate surface area is 121 Å². The van der Waals surface area contributed by atoms with E-state index in [-0.39, 0.29) is 23.9 Å². The van der Waals surface area contributed by atoms with Crippen LogP contribution in [0.15, 0.2) is 24.3 Å². The van der Waals surface area contributed by atoms with Crippen LogP contribution in [0, 0.1) is 15.9 Å². The van der Waals surface area contributed by atoms with Gasteiger partial charge in [0.2, 0.25) is 5.82 Å². The Bertz CT molecular complexity index is 672. The maximum Gasteiger partial charge on any atom is 0.334 e. The van der Waals surface area contributed by atoms with Crippen molar-refractivity contribution in [3.05, 3.63) is 51.5 Å². The molecule has 0 aliphatic carbocycles. The molecule has 2 aromatic rings. The lowest BCUT2D eigenvalue weighted by atomic mass is 9.91. The molecule has 0 radical (unpaired) electrons. The minimum Gasteiger partial charge on any atom is -0.378 e. The summed E-state index contributed by atoms with van der Waals surface area (Å²) in [6.45, 7) is 5.76. The Balaban J connectivity index is 2.45. The Morgan fingerprint density at radius 2 is 1.90 bits per heavy atom. The minimum atomic E-state index is -0.510. The van der Waals surface area contributed by atoms with E-state index in [9.17, 15) is 14.5 Å². The van der Waals surface area contributed by atoms with Crippen molar-refractivity contribution >= 4 is 11.5 Å². The van der Waals surface area contributed by atoms with Gasteiger partial charge >= 0.3 is 5.69 Å². The fourth-order valence-electron chi connectivity index (χ4n) is 2.03. The molecule has 0 aliphatic rings. The standard InChI is InChI=1S/C14H17FN4O2/c1-14(2,3)12-11(19(20)21)13(16)18(17-12)8-9-4-6-10(15)7-5-9/h4-7H,8,16H2,1-3H3. The zero-order valence-corrected chi connectivity index (χ0v) is 12.1. The molecule has 1 aromatic heterocycles. The van der Waals surface area contributed by atoms with Gasteiger partial charge in [-0.25, -0.2) is 9.07 Å². The summed E-state index contributed by atoms with van der Waals surface area (Å²) in [4.78, 5) is 10.7. The minimum absolute atomic E-state index is 0.00856. The van der Waals surface area contributed by atoms with Gasteiger partial charge in [-0.1, -0.05) is 32.9 Å². The molecular weight excluding hydrogens is 275 g/mol. The summed E-state index contributed by atoms with van der Waals surface area (Å²) < 4.78 is 14.3. The first-order chi connectivity index (χ1) is 9.70. The molecule has 0 saturated carbocycles. The number of nitrogen functional groups attached to an aromatic ring is 1. The van der Waals surface area contributed by atoms with Gasteiger partial charge in [0.25, 0.3) is 0 Å². The Hall–Kier alpha value is -2.44. The van der Waals surface area contributed by atoms with Gasteiger partial charge in [-0.2, -0.15) is 5.10 Å². The number of benzene rings is 1. The van der Waals surface area contributed by atoms with Crippen LogP contribution in [-0.4, -0.2) is 14.7 Å². The van der Waals surface area contributed by atoms with Gasteiger partial charge in [-0.3, -0.25) is 10.1 Å². The van der Waals surface area contributed by atoms with Crippen molar-refractivity contribution in [1.82, 2.24) is 9.78 Å². The molecule has 0 spiro atoms. The van der Waals surface area contributed by atoms with E-state index in [0.717, 1.165) is 5.56 Å². The second kappa shape index (κ2) is 5.16.